The predicted molar refractivity (Wildman–Crippen MR) is 73.1 cm³/mol. The number of rotatable bonds is 4. The molecule has 1 heterocycles. The molecule has 4 rings (SSSR count). The average molecular weight is 257 g/mol. The summed E-state index contributed by atoms with van der Waals surface area (Å²) in [4.78, 5) is 0. The van der Waals surface area contributed by atoms with Crippen molar-refractivity contribution in [3.05, 3.63) is 35.9 Å². The van der Waals surface area contributed by atoms with Crippen LogP contribution in [0.15, 0.2) is 30.4 Å². The lowest BCUT2D eigenvalue weighted by Crippen LogP contribution is -2.25. The molecule has 0 amide bonds. The van der Waals surface area contributed by atoms with Crippen LogP contribution in [0.25, 0.3) is 0 Å². The highest BCUT2D eigenvalue weighted by molar-refractivity contribution is 5.44. The second kappa shape index (κ2) is 4.57. The molecule has 1 aromatic carbocycles. The van der Waals surface area contributed by atoms with Gasteiger partial charge in [0.05, 0.1) is 0 Å². The lowest BCUT2D eigenvalue weighted by atomic mass is 9.93. The van der Waals surface area contributed by atoms with E-state index in [1.807, 2.05) is 6.07 Å². The molecule has 2 bridgehead atoms. The molecule has 1 fully saturated rings. The Balaban J connectivity index is 1.32. The monoisotopic (exact) mass is 257 g/mol. The third kappa shape index (κ3) is 2.12. The zero-order valence-corrected chi connectivity index (χ0v) is 11.0. The molecule has 3 atom stereocenters. The van der Waals surface area contributed by atoms with Crippen LogP contribution >= 0.6 is 0 Å². The van der Waals surface area contributed by atoms with E-state index >= 15 is 0 Å². The first kappa shape index (κ1) is 11.4. The summed E-state index contributed by atoms with van der Waals surface area (Å²) in [6, 6.07) is 6.19. The minimum Gasteiger partial charge on any atom is -0.454 e. The van der Waals surface area contributed by atoms with Crippen LogP contribution in [-0.4, -0.2) is 13.3 Å². The van der Waals surface area contributed by atoms with Crippen LogP contribution in [-0.2, 0) is 6.54 Å². The molecule has 0 radical (unpaired) electrons. The summed E-state index contributed by atoms with van der Waals surface area (Å²) < 4.78 is 10.7. The van der Waals surface area contributed by atoms with Gasteiger partial charge in [0.2, 0.25) is 6.79 Å². The number of fused-ring (bicyclic) bond motifs is 3. The summed E-state index contributed by atoms with van der Waals surface area (Å²) in [7, 11) is 0. The van der Waals surface area contributed by atoms with Gasteiger partial charge in [0.25, 0.3) is 0 Å². The van der Waals surface area contributed by atoms with Crippen molar-refractivity contribution in [2.45, 2.75) is 19.4 Å². The number of allylic oxidation sites excluding steroid dienone is 2. The molecule has 3 heteroatoms. The molecule has 100 valence electrons. The van der Waals surface area contributed by atoms with Gasteiger partial charge >= 0.3 is 0 Å². The lowest BCUT2D eigenvalue weighted by Gasteiger charge is -2.18. The van der Waals surface area contributed by atoms with Crippen LogP contribution in [0.5, 0.6) is 11.5 Å². The summed E-state index contributed by atoms with van der Waals surface area (Å²) in [6.07, 6.45) is 7.58. The van der Waals surface area contributed by atoms with Gasteiger partial charge in [-0.2, -0.15) is 0 Å². The quantitative estimate of drug-likeness (QED) is 0.841. The zero-order chi connectivity index (χ0) is 12.7. The first-order valence-corrected chi connectivity index (χ1v) is 7.16. The van der Waals surface area contributed by atoms with Crippen molar-refractivity contribution in [3.8, 4) is 11.5 Å². The van der Waals surface area contributed by atoms with Gasteiger partial charge in [-0.05, 0) is 54.8 Å². The highest BCUT2D eigenvalue weighted by Crippen LogP contribution is 2.43. The molecule has 3 nitrogen and oxygen atoms in total. The molecule has 0 unspecified atom stereocenters. The lowest BCUT2D eigenvalue weighted by molar-refractivity contribution is 0.174. The number of hydrogen-bond acceptors (Lipinski definition) is 3. The van der Waals surface area contributed by atoms with Crippen LogP contribution < -0.4 is 14.8 Å². The highest BCUT2D eigenvalue weighted by Gasteiger charge is 2.34. The third-order valence-corrected chi connectivity index (χ3v) is 4.59. The van der Waals surface area contributed by atoms with Gasteiger partial charge in [-0.3, -0.25) is 0 Å². The number of nitrogens with one attached hydrogen (secondary N) is 1. The van der Waals surface area contributed by atoms with E-state index in [-0.39, 0.29) is 0 Å². The van der Waals surface area contributed by atoms with E-state index in [1.165, 1.54) is 18.4 Å². The van der Waals surface area contributed by atoms with Gasteiger partial charge in [0.1, 0.15) is 0 Å². The fraction of sp³-hybridized carbons (Fsp3) is 0.500. The molecule has 0 aromatic heterocycles. The van der Waals surface area contributed by atoms with Crippen LogP contribution in [0.4, 0.5) is 0 Å². The maximum atomic E-state index is 5.40. The van der Waals surface area contributed by atoms with Crippen molar-refractivity contribution < 1.29 is 9.47 Å². The summed E-state index contributed by atoms with van der Waals surface area (Å²) >= 11 is 0. The first-order valence-electron chi connectivity index (χ1n) is 7.16. The van der Waals surface area contributed by atoms with Crippen molar-refractivity contribution in [3.63, 3.8) is 0 Å². The van der Waals surface area contributed by atoms with E-state index in [2.05, 4.69) is 29.6 Å². The molecule has 19 heavy (non-hydrogen) atoms. The predicted octanol–water partition coefficient (Wildman–Crippen LogP) is 2.72. The standard InChI is InChI=1S/C16H19NO2/c1-3-13-5-11(1)6-14(13)9-17-8-12-2-4-15-16(7-12)19-10-18-15/h1-4,7,11,13-14,17H,5-6,8-10H2/t11-,13-,14+/m0/s1. The van der Waals surface area contributed by atoms with E-state index in [4.69, 9.17) is 9.47 Å². The van der Waals surface area contributed by atoms with Crippen molar-refractivity contribution >= 4 is 0 Å². The molecular weight excluding hydrogens is 238 g/mol. The van der Waals surface area contributed by atoms with Crippen molar-refractivity contribution in [1.29, 1.82) is 0 Å². The Labute approximate surface area is 113 Å². The summed E-state index contributed by atoms with van der Waals surface area (Å²) in [5.74, 6) is 4.27. The van der Waals surface area contributed by atoms with E-state index < -0.39 is 0 Å². The van der Waals surface area contributed by atoms with Crippen molar-refractivity contribution in [1.82, 2.24) is 5.32 Å². The molecule has 3 aliphatic rings. The topological polar surface area (TPSA) is 30.5 Å². The Bertz CT molecular complexity index is 511. The Morgan fingerprint density at radius 1 is 1.11 bits per heavy atom. The van der Waals surface area contributed by atoms with Gasteiger partial charge in [0.15, 0.2) is 11.5 Å². The summed E-state index contributed by atoms with van der Waals surface area (Å²) in [5, 5.41) is 3.59. The van der Waals surface area contributed by atoms with Gasteiger partial charge < -0.3 is 14.8 Å². The SMILES string of the molecule is C1=C[C@H]2C[C@H]1C[C@@H]2CNCc1ccc2c(c1)OCO2. The van der Waals surface area contributed by atoms with Gasteiger partial charge in [0, 0.05) is 6.54 Å². The maximum absolute atomic E-state index is 5.40. The molecular formula is C16H19NO2. The van der Waals surface area contributed by atoms with Crippen LogP contribution in [0, 0.1) is 17.8 Å². The largest absolute Gasteiger partial charge is 0.454 e. The van der Waals surface area contributed by atoms with Crippen molar-refractivity contribution in [2.24, 2.45) is 17.8 Å². The smallest absolute Gasteiger partial charge is 0.231 e. The first-order chi connectivity index (χ1) is 9.38. The Morgan fingerprint density at radius 2 is 2.05 bits per heavy atom. The van der Waals surface area contributed by atoms with Crippen molar-refractivity contribution in [2.75, 3.05) is 13.3 Å². The highest BCUT2D eigenvalue weighted by atomic mass is 16.7. The fourth-order valence-electron chi connectivity index (χ4n) is 3.58. The second-order valence-electron chi connectivity index (χ2n) is 5.86. The van der Waals surface area contributed by atoms with Crippen LogP contribution in [0.3, 0.4) is 0 Å². The average Bonchev–Trinajstić information content (AvgIpc) is 3.14. The minimum absolute atomic E-state index is 0.351. The summed E-state index contributed by atoms with van der Waals surface area (Å²) in [6.45, 7) is 2.39. The number of benzene rings is 1. The van der Waals surface area contributed by atoms with E-state index in [1.54, 1.807) is 0 Å². The zero-order valence-electron chi connectivity index (χ0n) is 11.0. The molecule has 1 aromatic rings. The number of ether oxygens (including phenoxy) is 2. The Kier molecular flexibility index (Phi) is 2.73. The van der Waals surface area contributed by atoms with Crippen LogP contribution in [0.2, 0.25) is 0 Å². The van der Waals surface area contributed by atoms with E-state index in [0.717, 1.165) is 42.3 Å². The third-order valence-electron chi connectivity index (χ3n) is 4.59. The Morgan fingerprint density at radius 3 is 2.89 bits per heavy atom. The van der Waals surface area contributed by atoms with Gasteiger partial charge in [-0.15, -0.1) is 0 Å². The minimum atomic E-state index is 0.351. The number of hydrogen-bond donors (Lipinski definition) is 1. The van der Waals surface area contributed by atoms with Gasteiger partial charge in [-0.25, -0.2) is 0 Å². The molecule has 1 aliphatic heterocycles. The second-order valence-corrected chi connectivity index (χ2v) is 5.86. The van der Waals surface area contributed by atoms with E-state index in [0.29, 0.717) is 6.79 Å². The Hall–Kier alpha value is -1.48. The van der Waals surface area contributed by atoms with Crippen LogP contribution in [0.1, 0.15) is 18.4 Å². The van der Waals surface area contributed by atoms with Gasteiger partial charge in [-0.1, -0.05) is 18.2 Å². The fourth-order valence-corrected chi connectivity index (χ4v) is 3.58. The molecule has 1 N–H and O–H groups in total. The maximum Gasteiger partial charge on any atom is 0.231 e. The normalized spacial score (nSPS) is 30.2. The summed E-state index contributed by atoms with van der Waals surface area (Å²) in [5.41, 5.74) is 1.27. The molecule has 2 aliphatic carbocycles. The molecule has 1 saturated carbocycles. The molecule has 0 spiro atoms. The van der Waals surface area contributed by atoms with E-state index in [9.17, 15) is 0 Å². The molecule has 0 saturated heterocycles.